The average molecular weight is 508 g/mol. The summed E-state index contributed by atoms with van der Waals surface area (Å²) in [5, 5.41) is 0.809. The van der Waals surface area contributed by atoms with Crippen LogP contribution in [-0.2, 0) is 0 Å². The molecule has 4 aromatic carbocycles. The second-order valence-electron chi connectivity index (χ2n) is 9.44. The first-order valence-electron chi connectivity index (χ1n) is 12.6. The number of aromatic amines is 3. The number of pyridine rings is 3. The summed E-state index contributed by atoms with van der Waals surface area (Å²) in [6.07, 6.45) is 4.91. The Morgan fingerprint density at radius 3 is 0.872 bits per heavy atom. The topological polar surface area (TPSA) is 98.6 Å². The quantitative estimate of drug-likeness (QED) is 0.248. The molecule has 0 aliphatic carbocycles. The minimum atomic E-state index is -0.269. The number of nitrogens with one attached hydrogen (secondary N) is 3. The van der Waals surface area contributed by atoms with Crippen molar-refractivity contribution in [1.82, 2.24) is 15.0 Å². The second-order valence-corrected chi connectivity index (χ2v) is 9.44. The highest BCUT2D eigenvalue weighted by Crippen LogP contribution is 2.31. The first-order valence-corrected chi connectivity index (χ1v) is 12.6. The van der Waals surface area contributed by atoms with Gasteiger partial charge in [-0.05, 0) is 16.7 Å². The van der Waals surface area contributed by atoms with Crippen molar-refractivity contribution in [2.75, 3.05) is 0 Å². The molecule has 3 aromatic heterocycles. The third-order valence-electron chi connectivity index (χ3n) is 7.25. The standard InChI is InChI=1S/C33H21N3O3/c37-31-22(19-10-4-1-5-11-19)16-34-28-25(31)29-27(33(39)23(17-35-29)20-12-6-2-7-13-20)30-26(28)32(38)24(18-36-30)21-14-8-3-9-15-21/h1-18H,(H,34,37)(H,35,39)(H,36,38). The Morgan fingerprint density at radius 1 is 0.359 bits per heavy atom. The molecule has 0 spiro atoms. The van der Waals surface area contributed by atoms with Crippen LogP contribution in [-0.4, -0.2) is 15.0 Å². The number of hydrogen-bond acceptors (Lipinski definition) is 3. The molecule has 0 aliphatic heterocycles. The molecule has 6 heteroatoms. The normalized spacial score (nSPS) is 11.4. The molecular formula is C33H21N3O3. The zero-order valence-corrected chi connectivity index (χ0v) is 20.6. The predicted molar refractivity (Wildman–Crippen MR) is 157 cm³/mol. The van der Waals surface area contributed by atoms with Gasteiger partial charge >= 0.3 is 0 Å². The lowest BCUT2D eigenvalue weighted by molar-refractivity contribution is 1.34. The van der Waals surface area contributed by atoms with E-state index < -0.39 is 0 Å². The van der Waals surface area contributed by atoms with E-state index in [1.165, 1.54) is 0 Å². The first-order chi connectivity index (χ1) is 19.1. The zero-order chi connectivity index (χ0) is 26.5. The van der Waals surface area contributed by atoms with Crippen molar-refractivity contribution < 1.29 is 0 Å². The maximum absolute atomic E-state index is 14.1. The van der Waals surface area contributed by atoms with Crippen LogP contribution in [0.2, 0.25) is 0 Å². The molecule has 0 unspecified atom stereocenters. The molecule has 0 saturated heterocycles. The largest absolute Gasteiger partial charge is 0.360 e. The van der Waals surface area contributed by atoms with Crippen LogP contribution in [0.5, 0.6) is 0 Å². The number of H-pyrrole nitrogens is 3. The molecule has 7 rings (SSSR count). The Balaban J connectivity index is 1.70. The third-order valence-corrected chi connectivity index (χ3v) is 7.25. The zero-order valence-electron chi connectivity index (χ0n) is 20.6. The van der Waals surface area contributed by atoms with Crippen molar-refractivity contribution in [2.24, 2.45) is 0 Å². The summed E-state index contributed by atoms with van der Waals surface area (Å²) in [6.45, 7) is 0. The van der Waals surface area contributed by atoms with Gasteiger partial charge in [0.05, 0.1) is 32.7 Å². The van der Waals surface area contributed by atoms with E-state index in [0.717, 1.165) is 16.7 Å². The molecule has 186 valence electrons. The van der Waals surface area contributed by atoms with E-state index >= 15 is 0 Å². The maximum Gasteiger partial charge on any atom is 0.199 e. The van der Waals surface area contributed by atoms with Crippen LogP contribution in [0.4, 0.5) is 0 Å². The van der Waals surface area contributed by atoms with Gasteiger partial charge in [-0.2, -0.15) is 0 Å². The van der Waals surface area contributed by atoms with Gasteiger partial charge < -0.3 is 15.0 Å². The lowest BCUT2D eigenvalue weighted by Gasteiger charge is -2.13. The van der Waals surface area contributed by atoms with Gasteiger partial charge in [0.25, 0.3) is 0 Å². The monoisotopic (exact) mass is 507 g/mol. The van der Waals surface area contributed by atoms with Gasteiger partial charge in [-0.3, -0.25) is 14.4 Å². The molecular weight excluding hydrogens is 486 g/mol. The molecule has 0 atom stereocenters. The van der Waals surface area contributed by atoms with Crippen molar-refractivity contribution in [2.45, 2.75) is 0 Å². The highest BCUT2D eigenvalue weighted by molar-refractivity contribution is 6.22. The highest BCUT2D eigenvalue weighted by atomic mass is 16.1. The SMILES string of the molecule is O=c1c(-c2ccccc2)c[nH]c2c1c1[nH]cc(-c3ccccc3)c(=O)c1c1[nH]cc(-c3ccccc3)c(=O)c21. The summed E-state index contributed by atoms with van der Waals surface area (Å²) in [7, 11) is 0. The van der Waals surface area contributed by atoms with Crippen LogP contribution in [0.1, 0.15) is 0 Å². The molecule has 0 amide bonds. The highest BCUT2D eigenvalue weighted by Gasteiger charge is 2.22. The van der Waals surface area contributed by atoms with Crippen molar-refractivity contribution in [3.63, 3.8) is 0 Å². The second kappa shape index (κ2) is 8.82. The molecule has 0 fully saturated rings. The first kappa shape index (κ1) is 22.7. The Labute approximate surface area is 221 Å². The molecule has 6 nitrogen and oxygen atoms in total. The van der Waals surface area contributed by atoms with Gasteiger partial charge in [0.15, 0.2) is 16.3 Å². The summed E-state index contributed by atoms with van der Waals surface area (Å²) in [5.41, 5.74) is 3.90. The minimum absolute atomic E-state index is 0.269. The summed E-state index contributed by atoms with van der Waals surface area (Å²) in [5.74, 6) is 0. The molecule has 3 N–H and O–H groups in total. The lowest BCUT2D eigenvalue weighted by Crippen LogP contribution is -2.16. The van der Waals surface area contributed by atoms with E-state index in [1.54, 1.807) is 18.6 Å². The van der Waals surface area contributed by atoms with Crippen LogP contribution in [0.25, 0.3) is 66.1 Å². The molecule has 7 aromatic rings. The Hall–Kier alpha value is -5.49. The number of rotatable bonds is 3. The Bertz CT molecular complexity index is 1930. The van der Waals surface area contributed by atoms with Crippen molar-refractivity contribution in [1.29, 1.82) is 0 Å². The van der Waals surface area contributed by atoms with E-state index in [0.29, 0.717) is 33.2 Å². The lowest BCUT2D eigenvalue weighted by atomic mass is 9.96. The van der Waals surface area contributed by atoms with Crippen LogP contribution < -0.4 is 16.3 Å². The summed E-state index contributed by atoms with van der Waals surface area (Å²) in [4.78, 5) is 51.9. The smallest absolute Gasteiger partial charge is 0.199 e. The Kier molecular flexibility index (Phi) is 5.13. The van der Waals surface area contributed by atoms with Gasteiger partial charge in [-0.1, -0.05) is 91.0 Å². The molecule has 0 saturated carbocycles. The molecule has 3 heterocycles. The van der Waals surface area contributed by atoms with Crippen LogP contribution in [0.3, 0.4) is 0 Å². The predicted octanol–water partition coefficient (Wildman–Crippen LogP) is 6.21. The van der Waals surface area contributed by atoms with Gasteiger partial charge in [0, 0.05) is 35.3 Å². The van der Waals surface area contributed by atoms with Crippen molar-refractivity contribution >= 4 is 32.7 Å². The van der Waals surface area contributed by atoms with Crippen molar-refractivity contribution in [3.8, 4) is 33.4 Å². The van der Waals surface area contributed by atoms with Gasteiger partial charge in [-0.25, -0.2) is 0 Å². The number of aromatic nitrogens is 3. The van der Waals surface area contributed by atoms with Crippen LogP contribution in [0, 0.1) is 0 Å². The van der Waals surface area contributed by atoms with Gasteiger partial charge in [0.2, 0.25) is 0 Å². The number of fused-ring (bicyclic) bond motifs is 6. The fourth-order valence-corrected chi connectivity index (χ4v) is 5.39. The van der Waals surface area contributed by atoms with Gasteiger partial charge in [0.1, 0.15) is 0 Å². The third kappa shape index (κ3) is 3.46. The van der Waals surface area contributed by atoms with Gasteiger partial charge in [-0.15, -0.1) is 0 Å². The molecule has 0 bridgehead atoms. The van der Waals surface area contributed by atoms with E-state index in [-0.39, 0.29) is 32.4 Å². The fourth-order valence-electron chi connectivity index (χ4n) is 5.39. The van der Waals surface area contributed by atoms with Crippen LogP contribution in [0.15, 0.2) is 124 Å². The maximum atomic E-state index is 14.1. The van der Waals surface area contributed by atoms with Crippen molar-refractivity contribution in [3.05, 3.63) is 140 Å². The van der Waals surface area contributed by atoms with E-state index in [1.807, 2.05) is 91.0 Å². The number of hydrogen-bond donors (Lipinski definition) is 3. The average Bonchev–Trinajstić information content (AvgIpc) is 2.98. The Morgan fingerprint density at radius 2 is 0.615 bits per heavy atom. The van der Waals surface area contributed by atoms with E-state index in [9.17, 15) is 14.4 Å². The summed E-state index contributed by atoms with van der Waals surface area (Å²) >= 11 is 0. The fraction of sp³-hybridized carbons (Fsp3) is 0. The van der Waals surface area contributed by atoms with Crippen LogP contribution >= 0.6 is 0 Å². The van der Waals surface area contributed by atoms with E-state index in [4.69, 9.17) is 0 Å². The molecule has 0 aliphatic rings. The minimum Gasteiger partial charge on any atom is -0.360 e. The molecule has 0 radical (unpaired) electrons. The number of benzene rings is 4. The van der Waals surface area contributed by atoms with E-state index in [2.05, 4.69) is 15.0 Å². The summed E-state index contributed by atoms with van der Waals surface area (Å²) in [6, 6.07) is 28.0. The molecule has 39 heavy (non-hydrogen) atoms. The summed E-state index contributed by atoms with van der Waals surface area (Å²) < 4.78 is 0.